The molecule has 0 saturated heterocycles. The number of benzene rings is 2. The van der Waals surface area contributed by atoms with Gasteiger partial charge in [-0.3, -0.25) is 0 Å². The van der Waals surface area contributed by atoms with Gasteiger partial charge in [-0.25, -0.2) is 14.3 Å². The smallest absolute Gasteiger partial charge is 0.357 e. The van der Waals surface area contributed by atoms with Crippen molar-refractivity contribution >= 4 is 23.5 Å². The predicted octanol–water partition coefficient (Wildman–Crippen LogP) is 3.07. The number of aryl methyl sites for hydroxylation is 1. The standard InChI is InChI=1S/C18H13ClN2O4.H2O/c1-10-3-2-4-13(9-10)21-16(11-5-7-12(19)8-6-11)14(17(22)23)15(20-21)18(24)25;/h2-9H,1H3,(H,22,23)(H,24,25);1H2. The molecular formula is C18H15ClN2O5. The summed E-state index contributed by atoms with van der Waals surface area (Å²) >= 11 is 5.90. The van der Waals surface area contributed by atoms with Crippen molar-refractivity contribution in [2.75, 3.05) is 0 Å². The summed E-state index contributed by atoms with van der Waals surface area (Å²) in [5, 5.41) is 23.5. The zero-order valence-corrected chi connectivity index (χ0v) is 14.4. The van der Waals surface area contributed by atoms with Crippen molar-refractivity contribution in [2.45, 2.75) is 6.92 Å². The number of nitrogens with zero attached hydrogens (tertiary/aromatic N) is 2. The van der Waals surface area contributed by atoms with E-state index in [1.807, 2.05) is 13.0 Å². The van der Waals surface area contributed by atoms with Crippen molar-refractivity contribution in [2.24, 2.45) is 0 Å². The van der Waals surface area contributed by atoms with Crippen LogP contribution in [0.2, 0.25) is 5.02 Å². The minimum absolute atomic E-state index is 0. The van der Waals surface area contributed by atoms with Crippen molar-refractivity contribution in [3.8, 4) is 16.9 Å². The summed E-state index contributed by atoms with van der Waals surface area (Å²) in [4.78, 5) is 23.3. The first kappa shape index (κ1) is 19.2. The number of hydrogen-bond donors (Lipinski definition) is 2. The normalized spacial score (nSPS) is 10.2. The quantitative estimate of drug-likeness (QED) is 0.726. The summed E-state index contributed by atoms with van der Waals surface area (Å²) in [5.41, 5.74) is 1.31. The van der Waals surface area contributed by atoms with Crippen LogP contribution in [-0.4, -0.2) is 37.4 Å². The molecule has 0 aliphatic heterocycles. The number of hydrogen-bond acceptors (Lipinski definition) is 3. The lowest BCUT2D eigenvalue weighted by Gasteiger charge is -2.09. The Morgan fingerprint density at radius 2 is 1.69 bits per heavy atom. The van der Waals surface area contributed by atoms with Crippen molar-refractivity contribution in [1.29, 1.82) is 0 Å². The van der Waals surface area contributed by atoms with Crippen LogP contribution in [0.4, 0.5) is 0 Å². The van der Waals surface area contributed by atoms with Gasteiger partial charge < -0.3 is 15.7 Å². The predicted molar refractivity (Wildman–Crippen MR) is 96.3 cm³/mol. The van der Waals surface area contributed by atoms with Crippen LogP contribution in [0, 0.1) is 6.92 Å². The minimum atomic E-state index is -1.40. The number of rotatable bonds is 4. The molecule has 26 heavy (non-hydrogen) atoms. The van der Waals surface area contributed by atoms with E-state index < -0.39 is 17.6 Å². The number of carboxylic acid groups (broad SMARTS) is 2. The molecule has 8 heteroatoms. The first-order chi connectivity index (χ1) is 11.9. The van der Waals surface area contributed by atoms with Gasteiger partial charge in [0.1, 0.15) is 5.56 Å². The molecule has 0 fully saturated rings. The monoisotopic (exact) mass is 374 g/mol. The molecule has 0 saturated carbocycles. The SMILES string of the molecule is Cc1cccc(-n2nc(C(=O)O)c(C(=O)O)c2-c2ccc(Cl)cc2)c1.O. The third-order valence-electron chi connectivity index (χ3n) is 3.67. The second-order valence-corrected chi connectivity index (χ2v) is 5.88. The molecule has 0 aliphatic carbocycles. The molecule has 0 unspecified atom stereocenters. The summed E-state index contributed by atoms with van der Waals surface area (Å²) in [6.45, 7) is 1.88. The van der Waals surface area contributed by atoms with E-state index in [1.54, 1.807) is 42.5 Å². The van der Waals surface area contributed by atoms with E-state index in [4.69, 9.17) is 11.6 Å². The number of carboxylic acids is 2. The molecule has 0 bridgehead atoms. The lowest BCUT2D eigenvalue weighted by atomic mass is 10.1. The summed E-state index contributed by atoms with van der Waals surface area (Å²) in [6, 6.07) is 13.7. The van der Waals surface area contributed by atoms with E-state index in [2.05, 4.69) is 5.10 Å². The van der Waals surface area contributed by atoms with Crippen LogP contribution in [0.5, 0.6) is 0 Å². The van der Waals surface area contributed by atoms with Gasteiger partial charge >= 0.3 is 11.9 Å². The van der Waals surface area contributed by atoms with Gasteiger partial charge in [0.15, 0.2) is 5.69 Å². The Bertz CT molecular complexity index is 980. The summed E-state index contributed by atoms with van der Waals surface area (Å²) < 4.78 is 1.34. The molecule has 0 aliphatic rings. The highest BCUT2D eigenvalue weighted by molar-refractivity contribution is 6.30. The molecule has 0 amide bonds. The van der Waals surface area contributed by atoms with E-state index in [-0.39, 0.29) is 16.7 Å². The van der Waals surface area contributed by atoms with Crippen molar-refractivity contribution < 1.29 is 25.3 Å². The van der Waals surface area contributed by atoms with Gasteiger partial charge in [0.05, 0.1) is 11.4 Å². The maximum absolute atomic E-state index is 11.8. The van der Waals surface area contributed by atoms with Gasteiger partial charge in [-0.05, 0) is 36.8 Å². The maximum atomic E-state index is 11.8. The van der Waals surface area contributed by atoms with E-state index in [9.17, 15) is 19.8 Å². The lowest BCUT2D eigenvalue weighted by molar-refractivity contribution is 0.0648. The lowest BCUT2D eigenvalue weighted by Crippen LogP contribution is -2.07. The van der Waals surface area contributed by atoms with Gasteiger partial charge in [-0.1, -0.05) is 35.9 Å². The molecule has 1 heterocycles. The Balaban J connectivity index is 0.00000243. The van der Waals surface area contributed by atoms with Crippen LogP contribution in [0.3, 0.4) is 0 Å². The van der Waals surface area contributed by atoms with Gasteiger partial charge in [-0.15, -0.1) is 0 Å². The molecular weight excluding hydrogens is 360 g/mol. The van der Waals surface area contributed by atoms with Crippen LogP contribution in [0.1, 0.15) is 26.4 Å². The second-order valence-electron chi connectivity index (χ2n) is 5.44. The topological polar surface area (TPSA) is 124 Å². The number of carbonyl (C=O) groups is 2. The molecule has 4 N–H and O–H groups in total. The minimum Gasteiger partial charge on any atom is -0.478 e. The van der Waals surface area contributed by atoms with Crippen molar-refractivity contribution in [3.63, 3.8) is 0 Å². The highest BCUT2D eigenvalue weighted by Gasteiger charge is 2.29. The highest BCUT2D eigenvalue weighted by Crippen LogP contribution is 2.30. The summed E-state index contributed by atoms with van der Waals surface area (Å²) in [5.74, 6) is -2.76. The molecule has 1 aromatic heterocycles. The van der Waals surface area contributed by atoms with Gasteiger partial charge in [0.25, 0.3) is 0 Å². The first-order valence-corrected chi connectivity index (χ1v) is 7.69. The molecule has 134 valence electrons. The van der Waals surface area contributed by atoms with E-state index in [0.29, 0.717) is 16.3 Å². The Morgan fingerprint density at radius 1 is 1.04 bits per heavy atom. The zero-order chi connectivity index (χ0) is 18.1. The first-order valence-electron chi connectivity index (χ1n) is 7.31. The maximum Gasteiger partial charge on any atom is 0.357 e. The average Bonchev–Trinajstić information content (AvgIpc) is 2.96. The number of aromatic nitrogens is 2. The summed E-state index contributed by atoms with van der Waals surface area (Å²) in [7, 11) is 0. The Labute approximate surface area is 153 Å². The van der Waals surface area contributed by atoms with Crippen LogP contribution in [-0.2, 0) is 0 Å². The second kappa shape index (κ2) is 7.38. The van der Waals surface area contributed by atoms with E-state index in [1.165, 1.54) is 4.68 Å². The van der Waals surface area contributed by atoms with Gasteiger partial charge in [0, 0.05) is 10.6 Å². The molecule has 2 aromatic carbocycles. The van der Waals surface area contributed by atoms with Crippen LogP contribution in [0.25, 0.3) is 16.9 Å². The van der Waals surface area contributed by atoms with Gasteiger partial charge in [0.2, 0.25) is 0 Å². The van der Waals surface area contributed by atoms with Crippen LogP contribution < -0.4 is 0 Å². The fourth-order valence-electron chi connectivity index (χ4n) is 2.59. The zero-order valence-electron chi connectivity index (χ0n) is 13.6. The largest absolute Gasteiger partial charge is 0.478 e. The highest BCUT2D eigenvalue weighted by atomic mass is 35.5. The third-order valence-corrected chi connectivity index (χ3v) is 3.92. The number of halogens is 1. The van der Waals surface area contributed by atoms with Gasteiger partial charge in [-0.2, -0.15) is 5.10 Å². The molecule has 0 atom stereocenters. The van der Waals surface area contributed by atoms with Crippen molar-refractivity contribution in [3.05, 3.63) is 70.4 Å². The van der Waals surface area contributed by atoms with E-state index in [0.717, 1.165) is 5.56 Å². The molecule has 0 spiro atoms. The molecule has 3 rings (SSSR count). The van der Waals surface area contributed by atoms with E-state index >= 15 is 0 Å². The Morgan fingerprint density at radius 3 is 2.23 bits per heavy atom. The average molecular weight is 375 g/mol. The fraction of sp³-hybridized carbons (Fsp3) is 0.0556. The van der Waals surface area contributed by atoms with Crippen LogP contribution in [0.15, 0.2) is 48.5 Å². The fourth-order valence-corrected chi connectivity index (χ4v) is 2.72. The molecule has 3 aromatic rings. The third kappa shape index (κ3) is 3.44. The summed E-state index contributed by atoms with van der Waals surface area (Å²) in [6.07, 6.45) is 0. The Hall–Kier alpha value is -3.16. The molecule has 0 radical (unpaired) electrons. The van der Waals surface area contributed by atoms with Crippen LogP contribution >= 0.6 is 11.6 Å². The number of aromatic carboxylic acids is 2. The molecule has 7 nitrogen and oxygen atoms in total. The Kier molecular flexibility index (Phi) is 5.44. The van der Waals surface area contributed by atoms with Crippen molar-refractivity contribution in [1.82, 2.24) is 9.78 Å².